The van der Waals surface area contributed by atoms with Crippen LogP contribution in [-0.4, -0.2) is 27.8 Å². The molecule has 4 aromatic rings. The number of ether oxygens (including phenoxy) is 1. The summed E-state index contributed by atoms with van der Waals surface area (Å²) in [6, 6.07) is 5.48. The zero-order valence-electron chi connectivity index (χ0n) is 13.9. The predicted octanol–water partition coefficient (Wildman–Crippen LogP) is 3.65. The molecule has 0 aliphatic heterocycles. The van der Waals surface area contributed by atoms with Gasteiger partial charge in [0, 0.05) is 17.3 Å². The highest BCUT2D eigenvalue weighted by atomic mass is 16.5. The van der Waals surface area contributed by atoms with E-state index >= 15 is 0 Å². The van der Waals surface area contributed by atoms with Crippen molar-refractivity contribution >= 4 is 11.5 Å². The average molecular weight is 337 g/mol. The first kappa shape index (κ1) is 15.2. The van der Waals surface area contributed by atoms with Gasteiger partial charge in [0.2, 0.25) is 0 Å². The zero-order valence-corrected chi connectivity index (χ0v) is 13.9. The van der Waals surface area contributed by atoms with E-state index in [9.17, 15) is 4.79 Å². The van der Waals surface area contributed by atoms with Crippen molar-refractivity contribution in [3.05, 3.63) is 53.9 Å². The molecule has 7 nitrogen and oxygen atoms in total. The summed E-state index contributed by atoms with van der Waals surface area (Å²) in [5, 5.41) is 8.39. The number of esters is 1. The molecule has 0 saturated carbocycles. The lowest BCUT2D eigenvalue weighted by Crippen LogP contribution is -1.98. The van der Waals surface area contributed by atoms with Crippen molar-refractivity contribution in [2.24, 2.45) is 0 Å². The second-order valence-corrected chi connectivity index (χ2v) is 5.69. The molecule has 0 spiro atoms. The van der Waals surface area contributed by atoms with Gasteiger partial charge in [-0.3, -0.25) is 0 Å². The molecule has 0 fully saturated rings. The van der Waals surface area contributed by atoms with E-state index in [-0.39, 0.29) is 0 Å². The Bertz CT molecular complexity index is 1070. The number of methoxy groups -OCH3 is 1. The number of carbonyl (C=O) groups excluding carboxylic acids is 1. The maximum absolute atomic E-state index is 11.6. The average Bonchev–Trinajstić information content (AvgIpc) is 3.33. The summed E-state index contributed by atoms with van der Waals surface area (Å²) in [6.45, 7) is 3.77. The SMILES string of the molecule is COC(=O)c1coc(-c2ccn3ncc(-c4c(C)noc4C)c3c2)c1. The lowest BCUT2D eigenvalue weighted by molar-refractivity contribution is 0.0600. The molecule has 0 amide bonds. The molecular weight excluding hydrogens is 322 g/mol. The third-order valence-electron chi connectivity index (χ3n) is 4.13. The van der Waals surface area contributed by atoms with Crippen LogP contribution >= 0.6 is 0 Å². The molecule has 0 unspecified atom stereocenters. The molecule has 0 aliphatic carbocycles. The van der Waals surface area contributed by atoms with Crippen molar-refractivity contribution in [2.75, 3.05) is 7.11 Å². The molecule has 126 valence electrons. The molecular formula is C18H15N3O4. The Balaban J connectivity index is 1.84. The van der Waals surface area contributed by atoms with Crippen molar-refractivity contribution in [3.8, 4) is 22.5 Å². The van der Waals surface area contributed by atoms with E-state index in [1.165, 1.54) is 13.4 Å². The summed E-state index contributed by atoms with van der Waals surface area (Å²) in [5.74, 6) is 0.884. The molecule has 0 N–H and O–H groups in total. The number of aryl methyl sites for hydroxylation is 2. The van der Waals surface area contributed by atoms with Crippen molar-refractivity contribution in [1.82, 2.24) is 14.8 Å². The van der Waals surface area contributed by atoms with Crippen LogP contribution in [-0.2, 0) is 4.74 Å². The van der Waals surface area contributed by atoms with Crippen LogP contribution in [0.15, 0.2) is 45.8 Å². The number of pyridine rings is 1. The van der Waals surface area contributed by atoms with E-state index in [4.69, 9.17) is 13.7 Å². The Hall–Kier alpha value is -3.35. The first-order valence-corrected chi connectivity index (χ1v) is 7.66. The number of furan rings is 1. The van der Waals surface area contributed by atoms with Crippen LogP contribution in [0.25, 0.3) is 28.0 Å². The van der Waals surface area contributed by atoms with E-state index in [1.54, 1.807) is 16.8 Å². The van der Waals surface area contributed by atoms with Gasteiger partial charge in [0.25, 0.3) is 0 Å². The fourth-order valence-electron chi connectivity index (χ4n) is 2.91. The number of hydrogen-bond donors (Lipinski definition) is 0. The zero-order chi connectivity index (χ0) is 17.6. The quantitative estimate of drug-likeness (QED) is 0.531. The summed E-state index contributed by atoms with van der Waals surface area (Å²) in [4.78, 5) is 11.6. The van der Waals surface area contributed by atoms with Gasteiger partial charge < -0.3 is 13.7 Å². The highest BCUT2D eigenvalue weighted by molar-refractivity contribution is 5.90. The molecule has 4 aromatic heterocycles. The van der Waals surface area contributed by atoms with E-state index in [2.05, 4.69) is 10.3 Å². The van der Waals surface area contributed by atoms with Crippen molar-refractivity contribution in [3.63, 3.8) is 0 Å². The van der Waals surface area contributed by atoms with Crippen LogP contribution in [0.3, 0.4) is 0 Å². The van der Waals surface area contributed by atoms with Gasteiger partial charge in [0.15, 0.2) is 0 Å². The minimum atomic E-state index is -0.433. The van der Waals surface area contributed by atoms with E-state index in [1.807, 2.05) is 32.2 Å². The molecule has 4 heterocycles. The van der Waals surface area contributed by atoms with Gasteiger partial charge in [-0.1, -0.05) is 5.16 Å². The molecule has 0 atom stereocenters. The fourth-order valence-corrected chi connectivity index (χ4v) is 2.91. The monoisotopic (exact) mass is 337 g/mol. The molecule has 25 heavy (non-hydrogen) atoms. The summed E-state index contributed by atoms with van der Waals surface area (Å²) in [7, 11) is 1.34. The molecule has 0 aliphatic rings. The second-order valence-electron chi connectivity index (χ2n) is 5.69. The van der Waals surface area contributed by atoms with Crippen molar-refractivity contribution in [1.29, 1.82) is 0 Å². The summed E-state index contributed by atoms with van der Waals surface area (Å²) in [6.07, 6.45) is 5.01. The van der Waals surface area contributed by atoms with Crippen molar-refractivity contribution in [2.45, 2.75) is 13.8 Å². The third kappa shape index (κ3) is 2.40. The minimum Gasteiger partial charge on any atom is -0.465 e. The number of carbonyl (C=O) groups is 1. The van der Waals surface area contributed by atoms with Gasteiger partial charge >= 0.3 is 5.97 Å². The summed E-state index contributed by atoms with van der Waals surface area (Å²) in [5.41, 5.74) is 4.76. The highest BCUT2D eigenvalue weighted by Gasteiger charge is 2.17. The van der Waals surface area contributed by atoms with Crippen LogP contribution in [0.5, 0.6) is 0 Å². The van der Waals surface area contributed by atoms with Crippen LogP contribution < -0.4 is 0 Å². The van der Waals surface area contributed by atoms with Crippen LogP contribution in [0, 0.1) is 13.8 Å². The van der Waals surface area contributed by atoms with Crippen LogP contribution in [0.4, 0.5) is 0 Å². The number of nitrogens with zero attached hydrogens (tertiary/aromatic N) is 3. The lowest BCUT2D eigenvalue weighted by atomic mass is 10.0. The first-order chi connectivity index (χ1) is 12.1. The summed E-state index contributed by atoms with van der Waals surface area (Å²) < 4.78 is 17.3. The Morgan fingerprint density at radius 3 is 2.84 bits per heavy atom. The number of hydrogen-bond acceptors (Lipinski definition) is 6. The predicted molar refractivity (Wildman–Crippen MR) is 89.2 cm³/mol. The normalized spacial score (nSPS) is 11.2. The van der Waals surface area contributed by atoms with Gasteiger partial charge in [-0.25, -0.2) is 9.31 Å². The maximum Gasteiger partial charge on any atom is 0.341 e. The Morgan fingerprint density at radius 2 is 2.12 bits per heavy atom. The second kappa shape index (κ2) is 5.62. The molecule has 0 radical (unpaired) electrons. The largest absolute Gasteiger partial charge is 0.465 e. The van der Waals surface area contributed by atoms with Gasteiger partial charge in [-0.05, 0) is 32.0 Å². The van der Waals surface area contributed by atoms with Gasteiger partial charge in [-0.2, -0.15) is 5.10 Å². The number of aromatic nitrogens is 3. The third-order valence-corrected chi connectivity index (χ3v) is 4.13. The van der Waals surface area contributed by atoms with Crippen LogP contribution in [0.2, 0.25) is 0 Å². The smallest absolute Gasteiger partial charge is 0.341 e. The van der Waals surface area contributed by atoms with Crippen molar-refractivity contribution < 1.29 is 18.5 Å². The lowest BCUT2D eigenvalue weighted by Gasteiger charge is -2.01. The molecule has 0 aromatic carbocycles. The van der Waals surface area contributed by atoms with Gasteiger partial charge in [0.1, 0.15) is 17.8 Å². The number of rotatable bonds is 3. The molecule has 4 rings (SSSR count). The Morgan fingerprint density at radius 1 is 1.28 bits per heavy atom. The fraction of sp³-hybridized carbons (Fsp3) is 0.167. The molecule has 7 heteroatoms. The van der Waals surface area contributed by atoms with E-state index in [0.717, 1.165) is 33.7 Å². The van der Waals surface area contributed by atoms with E-state index in [0.29, 0.717) is 11.3 Å². The van der Waals surface area contributed by atoms with Gasteiger partial charge in [-0.15, -0.1) is 0 Å². The maximum atomic E-state index is 11.6. The van der Waals surface area contributed by atoms with E-state index < -0.39 is 5.97 Å². The van der Waals surface area contributed by atoms with Crippen LogP contribution in [0.1, 0.15) is 21.8 Å². The number of fused-ring (bicyclic) bond motifs is 1. The molecule has 0 saturated heterocycles. The first-order valence-electron chi connectivity index (χ1n) is 7.66. The Labute approximate surface area is 142 Å². The standard InChI is InChI=1S/C18H15N3O4/c1-10-17(11(2)25-20-10)14-8-19-21-5-4-12(6-15(14)21)16-7-13(9-24-16)18(22)23-3/h4-9H,1-3H3. The highest BCUT2D eigenvalue weighted by Crippen LogP contribution is 2.32. The summed E-state index contributed by atoms with van der Waals surface area (Å²) >= 11 is 0. The Kier molecular flexibility index (Phi) is 3.42. The topological polar surface area (TPSA) is 82.8 Å². The minimum absolute atomic E-state index is 0.372. The van der Waals surface area contributed by atoms with Gasteiger partial charge in [0.05, 0.1) is 35.6 Å². The molecule has 0 bridgehead atoms.